The normalized spacial score (nSPS) is 18.6. The molecule has 0 spiro atoms. The minimum atomic E-state index is 0.910. The highest BCUT2D eigenvalue weighted by atomic mass is 15.0. The van der Waals surface area contributed by atoms with Crippen molar-refractivity contribution in [2.75, 3.05) is 13.1 Å². The third-order valence-electron chi connectivity index (χ3n) is 3.16. The lowest BCUT2D eigenvalue weighted by atomic mass is 9.93. The third kappa shape index (κ3) is 2.35. The zero-order chi connectivity index (χ0) is 9.80. The second-order valence-electron chi connectivity index (χ2n) is 4.19. The number of aryl methyl sites for hydroxylation is 2. The molecule has 3 heteroatoms. The molecule has 1 aliphatic rings. The molecule has 0 bridgehead atoms. The van der Waals surface area contributed by atoms with Gasteiger partial charge in [0.25, 0.3) is 0 Å². The van der Waals surface area contributed by atoms with Crippen LogP contribution in [0.4, 0.5) is 0 Å². The van der Waals surface area contributed by atoms with Crippen LogP contribution in [0.5, 0.6) is 0 Å². The van der Waals surface area contributed by atoms with Crippen molar-refractivity contribution in [2.45, 2.75) is 25.7 Å². The van der Waals surface area contributed by atoms with Gasteiger partial charge in [0.05, 0.1) is 0 Å². The SMILES string of the molecule is Cn1ccnc1CCC1CCNCC1. The second kappa shape index (κ2) is 4.60. The van der Waals surface area contributed by atoms with Gasteiger partial charge in [-0.1, -0.05) is 0 Å². The van der Waals surface area contributed by atoms with Crippen LogP contribution in [-0.4, -0.2) is 22.6 Å². The fourth-order valence-corrected chi connectivity index (χ4v) is 2.14. The van der Waals surface area contributed by atoms with Crippen molar-refractivity contribution >= 4 is 0 Å². The molecule has 0 unspecified atom stereocenters. The third-order valence-corrected chi connectivity index (χ3v) is 3.16. The van der Waals surface area contributed by atoms with E-state index in [-0.39, 0.29) is 0 Å². The van der Waals surface area contributed by atoms with E-state index in [1.807, 2.05) is 12.4 Å². The van der Waals surface area contributed by atoms with Crippen LogP contribution in [0, 0.1) is 5.92 Å². The molecule has 0 radical (unpaired) electrons. The molecule has 3 nitrogen and oxygen atoms in total. The molecule has 1 aromatic heterocycles. The largest absolute Gasteiger partial charge is 0.338 e. The van der Waals surface area contributed by atoms with Crippen LogP contribution in [0.25, 0.3) is 0 Å². The maximum absolute atomic E-state index is 4.35. The van der Waals surface area contributed by atoms with Crippen molar-refractivity contribution in [3.63, 3.8) is 0 Å². The number of nitrogens with one attached hydrogen (secondary N) is 1. The van der Waals surface area contributed by atoms with Crippen LogP contribution < -0.4 is 5.32 Å². The van der Waals surface area contributed by atoms with Crippen LogP contribution >= 0.6 is 0 Å². The Bertz CT molecular complexity index is 274. The van der Waals surface area contributed by atoms with E-state index in [9.17, 15) is 0 Å². The van der Waals surface area contributed by atoms with Crippen LogP contribution in [-0.2, 0) is 13.5 Å². The average Bonchev–Trinajstić information content (AvgIpc) is 2.63. The molecular weight excluding hydrogens is 174 g/mol. The van der Waals surface area contributed by atoms with Gasteiger partial charge in [-0.2, -0.15) is 0 Å². The first-order chi connectivity index (χ1) is 6.86. The first kappa shape index (κ1) is 9.71. The molecule has 1 saturated heterocycles. The summed E-state index contributed by atoms with van der Waals surface area (Å²) in [6.07, 6.45) is 9.02. The summed E-state index contributed by atoms with van der Waals surface area (Å²) < 4.78 is 2.13. The van der Waals surface area contributed by atoms with Crippen LogP contribution in [0.2, 0.25) is 0 Å². The van der Waals surface area contributed by atoms with Crippen molar-refractivity contribution in [1.82, 2.24) is 14.9 Å². The Balaban J connectivity index is 1.79. The Hall–Kier alpha value is -0.830. The summed E-state index contributed by atoms with van der Waals surface area (Å²) in [5.41, 5.74) is 0. The summed E-state index contributed by atoms with van der Waals surface area (Å²) in [6.45, 7) is 2.40. The summed E-state index contributed by atoms with van der Waals surface area (Å²) >= 11 is 0. The predicted octanol–water partition coefficient (Wildman–Crippen LogP) is 1.35. The summed E-state index contributed by atoms with van der Waals surface area (Å²) in [4.78, 5) is 4.35. The Kier molecular flexibility index (Phi) is 3.19. The highest BCUT2D eigenvalue weighted by molar-refractivity contribution is 4.91. The molecule has 1 fully saturated rings. The lowest BCUT2D eigenvalue weighted by molar-refractivity contribution is 0.351. The smallest absolute Gasteiger partial charge is 0.108 e. The molecule has 0 saturated carbocycles. The Morgan fingerprint density at radius 2 is 2.29 bits per heavy atom. The van der Waals surface area contributed by atoms with E-state index in [1.165, 1.54) is 38.2 Å². The summed E-state index contributed by atoms with van der Waals surface area (Å²) in [7, 11) is 2.07. The molecule has 1 aromatic rings. The first-order valence-corrected chi connectivity index (χ1v) is 5.53. The van der Waals surface area contributed by atoms with E-state index in [4.69, 9.17) is 0 Å². The fourth-order valence-electron chi connectivity index (χ4n) is 2.14. The maximum atomic E-state index is 4.35. The van der Waals surface area contributed by atoms with Gasteiger partial charge < -0.3 is 9.88 Å². The molecule has 0 aromatic carbocycles. The van der Waals surface area contributed by atoms with Gasteiger partial charge in [0.1, 0.15) is 5.82 Å². The molecule has 0 atom stereocenters. The molecule has 14 heavy (non-hydrogen) atoms. The molecule has 2 heterocycles. The topological polar surface area (TPSA) is 29.9 Å². The Labute approximate surface area is 85.5 Å². The van der Waals surface area contributed by atoms with Gasteiger partial charge in [0.2, 0.25) is 0 Å². The highest BCUT2D eigenvalue weighted by Crippen LogP contribution is 2.17. The van der Waals surface area contributed by atoms with E-state index >= 15 is 0 Å². The zero-order valence-corrected chi connectivity index (χ0v) is 8.87. The molecular formula is C11H19N3. The number of hydrogen-bond acceptors (Lipinski definition) is 2. The molecule has 78 valence electrons. The standard InChI is InChI=1S/C11H19N3/c1-14-9-8-13-11(14)3-2-10-4-6-12-7-5-10/h8-10,12H,2-7H2,1H3. The predicted molar refractivity (Wildman–Crippen MR) is 57.1 cm³/mol. The van der Waals surface area contributed by atoms with Gasteiger partial charge in [0.15, 0.2) is 0 Å². The number of aromatic nitrogens is 2. The van der Waals surface area contributed by atoms with Crippen molar-refractivity contribution in [2.24, 2.45) is 13.0 Å². The Morgan fingerprint density at radius 1 is 1.50 bits per heavy atom. The van der Waals surface area contributed by atoms with E-state index in [0.29, 0.717) is 0 Å². The number of nitrogens with zero attached hydrogens (tertiary/aromatic N) is 2. The van der Waals surface area contributed by atoms with Crippen molar-refractivity contribution in [3.05, 3.63) is 18.2 Å². The maximum Gasteiger partial charge on any atom is 0.108 e. The molecule has 0 aliphatic carbocycles. The van der Waals surface area contributed by atoms with Gasteiger partial charge in [-0.15, -0.1) is 0 Å². The van der Waals surface area contributed by atoms with Crippen molar-refractivity contribution < 1.29 is 0 Å². The van der Waals surface area contributed by atoms with Crippen LogP contribution in [0.1, 0.15) is 25.1 Å². The number of imidazole rings is 1. The first-order valence-electron chi connectivity index (χ1n) is 5.53. The van der Waals surface area contributed by atoms with Gasteiger partial charge in [-0.3, -0.25) is 0 Å². The average molecular weight is 193 g/mol. The van der Waals surface area contributed by atoms with E-state index in [2.05, 4.69) is 21.9 Å². The minimum absolute atomic E-state index is 0.910. The zero-order valence-electron chi connectivity index (χ0n) is 8.87. The van der Waals surface area contributed by atoms with E-state index in [0.717, 1.165) is 12.3 Å². The number of piperidine rings is 1. The summed E-state index contributed by atoms with van der Waals surface area (Å²) in [6, 6.07) is 0. The van der Waals surface area contributed by atoms with Gasteiger partial charge in [0, 0.05) is 25.9 Å². The lowest BCUT2D eigenvalue weighted by Crippen LogP contribution is -2.28. The van der Waals surface area contributed by atoms with Gasteiger partial charge >= 0.3 is 0 Å². The Morgan fingerprint density at radius 3 is 2.93 bits per heavy atom. The fraction of sp³-hybridized carbons (Fsp3) is 0.727. The monoisotopic (exact) mass is 193 g/mol. The number of hydrogen-bond donors (Lipinski definition) is 1. The quantitative estimate of drug-likeness (QED) is 0.785. The lowest BCUT2D eigenvalue weighted by Gasteiger charge is -2.22. The van der Waals surface area contributed by atoms with Crippen LogP contribution in [0.15, 0.2) is 12.4 Å². The molecule has 0 amide bonds. The van der Waals surface area contributed by atoms with Crippen LogP contribution in [0.3, 0.4) is 0 Å². The van der Waals surface area contributed by atoms with Gasteiger partial charge in [-0.05, 0) is 38.3 Å². The van der Waals surface area contributed by atoms with E-state index in [1.54, 1.807) is 0 Å². The number of rotatable bonds is 3. The highest BCUT2D eigenvalue weighted by Gasteiger charge is 2.13. The van der Waals surface area contributed by atoms with Crippen molar-refractivity contribution in [1.29, 1.82) is 0 Å². The molecule has 2 rings (SSSR count). The molecule has 1 aliphatic heterocycles. The van der Waals surface area contributed by atoms with Crippen molar-refractivity contribution in [3.8, 4) is 0 Å². The molecule has 1 N–H and O–H groups in total. The minimum Gasteiger partial charge on any atom is -0.338 e. The van der Waals surface area contributed by atoms with E-state index < -0.39 is 0 Å². The second-order valence-corrected chi connectivity index (χ2v) is 4.19. The summed E-state index contributed by atoms with van der Waals surface area (Å²) in [5.74, 6) is 2.14. The summed E-state index contributed by atoms with van der Waals surface area (Å²) in [5, 5.41) is 3.40. The van der Waals surface area contributed by atoms with Gasteiger partial charge in [-0.25, -0.2) is 4.98 Å².